The maximum Gasteiger partial charge on any atom is 0.417 e. The molecular formula is C15H16BrF3N2O2. The molecule has 0 bridgehead atoms. The van der Waals surface area contributed by atoms with Gasteiger partial charge in [-0.1, -0.05) is 22.4 Å². The predicted molar refractivity (Wildman–Crippen MR) is 82.8 cm³/mol. The average molecular weight is 393 g/mol. The zero-order chi connectivity index (χ0) is 17.0. The minimum Gasteiger partial charge on any atom is -0.333 e. The van der Waals surface area contributed by atoms with Crippen molar-refractivity contribution in [3.05, 3.63) is 28.2 Å². The molecule has 2 amide bonds. The van der Waals surface area contributed by atoms with Gasteiger partial charge in [0.1, 0.15) is 0 Å². The molecule has 0 radical (unpaired) electrons. The minimum absolute atomic E-state index is 0.0489. The Labute approximate surface area is 140 Å². The molecule has 4 nitrogen and oxygen atoms in total. The number of anilines is 1. The van der Waals surface area contributed by atoms with Gasteiger partial charge in [-0.25, -0.2) is 0 Å². The van der Waals surface area contributed by atoms with Crippen LogP contribution in [0.4, 0.5) is 18.9 Å². The predicted octanol–water partition coefficient (Wildman–Crippen LogP) is 3.81. The topological polar surface area (TPSA) is 49.4 Å². The van der Waals surface area contributed by atoms with E-state index >= 15 is 0 Å². The number of benzene rings is 1. The molecule has 1 fully saturated rings. The highest BCUT2D eigenvalue weighted by Crippen LogP contribution is 2.36. The number of nitrogens with one attached hydrogen (secondary N) is 1. The normalized spacial score (nSPS) is 16.2. The van der Waals surface area contributed by atoms with Gasteiger partial charge in [0, 0.05) is 23.1 Å². The second-order valence-electron chi connectivity index (χ2n) is 5.37. The van der Waals surface area contributed by atoms with E-state index in [1.807, 2.05) is 0 Å². The van der Waals surface area contributed by atoms with E-state index < -0.39 is 17.6 Å². The first-order valence-corrected chi connectivity index (χ1v) is 8.01. The molecule has 8 heteroatoms. The van der Waals surface area contributed by atoms with Crippen LogP contribution in [0, 0.1) is 0 Å². The fourth-order valence-corrected chi connectivity index (χ4v) is 2.87. The standard InChI is InChI=1S/C15H16BrF3N2O2/c16-12-6-5-10(8-11(12)15(17,18)19)20-13(22)9-21-7-3-1-2-4-14(21)23/h5-6,8H,1-4,7,9H2,(H,20,22). The second-order valence-corrected chi connectivity index (χ2v) is 6.22. The Hall–Kier alpha value is -1.57. The lowest BCUT2D eigenvalue weighted by molar-refractivity contribution is -0.138. The van der Waals surface area contributed by atoms with Crippen molar-refractivity contribution in [3.63, 3.8) is 0 Å². The SMILES string of the molecule is O=C(CN1CCCCCC1=O)Nc1ccc(Br)c(C(F)(F)F)c1. The van der Waals surface area contributed by atoms with Crippen LogP contribution in [0.2, 0.25) is 0 Å². The second kappa shape index (κ2) is 7.33. The summed E-state index contributed by atoms with van der Waals surface area (Å²) in [4.78, 5) is 25.3. The van der Waals surface area contributed by atoms with Crippen LogP contribution in [0.5, 0.6) is 0 Å². The quantitative estimate of drug-likeness (QED) is 0.849. The molecule has 0 aliphatic carbocycles. The molecular weight excluding hydrogens is 377 g/mol. The van der Waals surface area contributed by atoms with Crippen LogP contribution in [-0.2, 0) is 15.8 Å². The Bertz CT molecular complexity index is 605. The molecule has 1 aliphatic rings. The van der Waals surface area contributed by atoms with Crippen molar-refractivity contribution in [2.75, 3.05) is 18.4 Å². The lowest BCUT2D eigenvalue weighted by Crippen LogP contribution is -2.37. The lowest BCUT2D eigenvalue weighted by atomic mass is 10.2. The number of nitrogens with zero attached hydrogens (tertiary/aromatic N) is 1. The zero-order valence-corrected chi connectivity index (χ0v) is 13.8. The highest BCUT2D eigenvalue weighted by Gasteiger charge is 2.33. The van der Waals surface area contributed by atoms with Crippen molar-refractivity contribution in [2.24, 2.45) is 0 Å². The summed E-state index contributed by atoms with van der Waals surface area (Å²) >= 11 is 2.84. The Balaban J connectivity index is 2.04. The number of amides is 2. The van der Waals surface area contributed by atoms with Crippen LogP contribution in [0.25, 0.3) is 0 Å². The van der Waals surface area contributed by atoms with Crippen molar-refractivity contribution >= 4 is 33.4 Å². The van der Waals surface area contributed by atoms with Gasteiger partial charge < -0.3 is 10.2 Å². The van der Waals surface area contributed by atoms with Gasteiger partial charge in [-0.05, 0) is 31.0 Å². The van der Waals surface area contributed by atoms with Crippen molar-refractivity contribution in [1.82, 2.24) is 4.90 Å². The number of carbonyl (C=O) groups is 2. The fraction of sp³-hybridized carbons (Fsp3) is 0.467. The number of hydrogen-bond acceptors (Lipinski definition) is 2. The molecule has 1 aliphatic heterocycles. The third kappa shape index (κ3) is 4.95. The molecule has 0 spiro atoms. The van der Waals surface area contributed by atoms with E-state index in [1.165, 1.54) is 17.0 Å². The molecule has 2 rings (SSSR count). The number of rotatable bonds is 3. The van der Waals surface area contributed by atoms with Crippen molar-refractivity contribution < 1.29 is 22.8 Å². The van der Waals surface area contributed by atoms with Crippen molar-refractivity contribution in [3.8, 4) is 0 Å². The number of likely N-dealkylation sites (tertiary alicyclic amines) is 1. The van der Waals surface area contributed by atoms with Gasteiger partial charge in [-0.2, -0.15) is 13.2 Å². The van der Waals surface area contributed by atoms with E-state index in [0.717, 1.165) is 25.3 Å². The maximum absolute atomic E-state index is 12.8. The van der Waals surface area contributed by atoms with E-state index in [1.54, 1.807) is 0 Å². The van der Waals surface area contributed by atoms with Gasteiger partial charge >= 0.3 is 6.18 Å². The summed E-state index contributed by atoms with van der Waals surface area (Å²) in [6.07, 6.45) is -1.54. The van der Waals surface area contributed by atoms with Gasteiger partial charge in [-0.15, -0.1) is 0 Å². The van der Waals surface area contributed by atoms with E-state index in [9.17, 15) is 22.8 Å². The summed E-state index contributed by atoms with van der Waals surface area (Å²) in [7, 11) is 0. The maximum atomic E-state index is 12.8. The average Bonchev–Trinajstić information content (AvgIpc) is 2.65. The number of alkyl halides is 3. The minimum atomic E-state index is -4.51. The first-order chi connectivity index (χ1) is 10.8. The van der Waals surface area contributed by atoms with Crippen LogP contribution in [0.3, 0.4) is 0 Å². The summed E-state index contributed by atoms with van der Waals surface area (Å²) in [6, 6.07) is 3.48. The molecule has 0 saturated carbocycles. The van der Waals surface area contributed by atoms with Gasteiger partial charge in [-0.3, -0.25) is 9.59 Å². The zero-order valence-electron chi connectivity index (χ0n) is 12.3. The Morgan fingerprint density at radius 2 is 2.00 bits per heavy atom. The summed E-state index contributed by atoms with van der Waals surface area (Å²) < 4.78 is 38.4. The van der Waals surface area contributed by atoms with Crippen molar-refractivity contribution in [1.29, 1.82) is 0 Å². The molecule has 126 valence electrons. The third-order valence-electron chi connectivity index (χ3n) is 3.56. The summed E-state index contributed by atoms with van der Waals surface area (Å²) in [5.74, 6) is -0.597. The van der Waals surface area contributed by atoms with Crippen LogP contribution >= 0.6 is 15.9 Å². The fourth-order valence-electron chi connectivity index (χ4n) is 2.40. The lowest BCUT2D eigenvalue weighted by Gasteiger charge is -2.20. The first kappa shape index (κ1) is 17.8. The van der Waals surface area contributed by atoms with E-state index in [2.05, 4.69) is 21.2 Å². The van der Waals surface area contributed by atoms with Crippen LogP contribution < -0.4 is 5.32 Å². The molecule has 1 N–H and O–H groups in total. The molecule has 0 aromatic heterocycles. The molecule has 1 aromatic carbocycles. The van der Waals surface area contributed by atoms with Crippen LogP contribution in [-0.4, -0.2) is 29.8 Å². The van der Waals surface area contributed by atoms with Crippen molar-refractivity contribution in [2.45, 2.75) is 31.9 Å². The largest absolute Gasteiger partial charge is 0.417 e. The van der Waals surface area contributed by atoms with E-state index in [4.69, 9.17) is 0 Å². The van der Waals surface area contributed by atoms with Crippen LogP contribution in [0.15, 0.2) is 22.7 Å². The molecule has 23 heavy (non-hydrogen) atoms. The van der Waals surface area contributed by atoms with Gasteiger partial charge in [0.25, 0.3) is 0 Å². The van der Waals surface area contributed by atoms with Gasteiger partial charge in [0.15, 0.2) is 0 Å². The molecule has 0 atom stereocenters. The highest BCUT2D eigenvalue weighted by atomic mass is 79.9. The summed E-state index contributed by atoms with van der Waals surface area (Å²) in [5.41, 5.74) is -0.811. The Kier molecular flexibility index (Phi) is 5.67. The molecule has 1 heterocycles. The number of carbonyl (C=O) groups excluding carboxylic acids is 2. The smallest absolute Gasteiger partial charge is 0.333 e. The third-order valence-corrected chi connectivity index (χ3v) is 4.25. The van der Waals surface area contributed by atoms with Crippen LogP contribution in [0.1, 0.15) is 31.2 Å². The van der Waals surface area contributed by atoms with E-state index in [-0.39, 0.29) is 22.6 Å². The Morgan fingerprint density at radius 1 is 1.26 bits per heavy atom. The molecule has 0 unspecified atom stereocenters. The Morgan fingerprint density at radius 3 is 2.70 bits per heavy atom. The summed E-state index contributed by atoms with van der Waals surface area (Å²) in [6.45, 7) is 0.358. The van der Waals surface area contributed by atoms with E-state index in [0.29, 0.717) is 13.0 Å². The number of halogens is 4. The monoisotopic (exact) mass is 392 g/mol. The highest BCUT2D eigenvalue weighted by molar-refractivity contribution is 9.10. The van der Waals surface area contributed by atoms with Gasteiger partial charge in [0.05, 0.1) is 12.1 Å². The first-order valence-electron chi connectivity index (χ1n) is 7.22. The van der Waals surface area contributed by atoms with Gasteiger partial charge in [0.2, 0.25) is 11.8 Å². The summed E-state index contributed by atoms with van der Waals surface area (Å²) in [5, 5.41) is 2.42. The number of hydrogen-bond donors (Lipinski definition) is 1. The molecule has 1 aromatic rings. The molecule has 1 saturated heterocycles.